The van der Waals surface area contributed by atoms with Crippen LogP contribution < -0.4 is 10.6 Å². The molecule has 2 aromatic carbocycles. The molecule has 170 valence electrons. The number of fused-ring (bicyclic) bond motifs is 3. The lowest BCUT2D eigenvalue weighted by Gasteiger charge is -2.23. The number of hydrogen-bond acceptors (Lipinski definition) is 4. The Hall–Kier alpha value is -3.35. The molecule has 2 aromatic rings. The van der Waals surface area contributed by atoms with Gasteiger partial charge in [-0.05, 0) is 34.6 Å². The highest BCUT2D eigenvalue weighted by Gasteiger charge is 2.30. The second-order valence-corrected chi connectivity index (χ2v) is 8.36. The van der Waals surface area contributed by atoms with Crippen LogP contribution in [0, 0.1) is 11.8 Å². The SMILES string of the molecule is CC[C@H](NC(=O)C(CNC(=O)OCC1c2ccccc2-c2ccccc21)C(C)C)C(=O)O. The minimum Gasteiger partial charge on any atom is -0.480 e. The predicted molar refractivity (Wildman–Crippen MR) is 121 cm³/mol. The first-order valence-electron chi connectivity index (χ1n) is 11.0. The fourth-order valence-corrected chi connectivity index (χ4v) is 4.09. The average molecular weight is 439 g/mol. The summed E-state index contributed by atoms with van der Waals surface area (Å²) in [5.41, 5.74) is 4.55. The summed E-state index contributed by atoms with van der Waals surface area (Å²) in [7, 11) is 0. The second-order valence-electron chi connectivity index (χ2n) is 8.36. The molecule has 0 heterocycles. The largest absolute Gasteiger partial charge is 0.480 e. The second kappa shape index (κ2) is 10.3. The van der Waals surface area contributed by atoms with Crippen LogP contribution in [0.15, 0.2) is 48.5 Å². The van der Waals surface area contributed by atoms with Gasteiger partial charge in [-0.3, -0.25) is 4.79 Å². The van der Waals surface area contributed by atoms with Gasteiger partial charge in [-0.15, -0.1) is 0 Å². The third-order valence-electron chi connectivity index (χ3n) is 5.97. The van der Waals surface area contributed by atoms with Gasteiger partial charge < -0.3 is 20.5 Å². The quantitative estimate of drug-likeness (QED) is 0.553. The van der Waals surface area contributed by atoms with E-state index < -0.39 is 29.9 Å². The maximum Gasteiger partial charge on any atom is 0.407 e. The summed E-state index contributed by atoms with van der Waals surface area (Å²) in [6.07, 6.45) is -0.318. The van der Waals surface area contributed by atoms with Crippen molar-refractivity contribution in [2.45, 2.75) is 39.2 Å². The van der Waals surface area contributed by atoms with Gasteiger partial charge in [-0.1, -0.05) is 69.3 Å². The van der Waals surface area contributed by atoms with E-state index in [-0.39, 0.29) is 31.4 Å². The first-order valence-corrected chi connectivity index (χ1v) is 11.0. The Labute approximate surface area is 188 Å². The molecule has 0 saturated carbocycles. The van der Waals surface area contributed by atoms with Crippen LogP contribution in [-0.2, 0) is 14.3 Å². The minimum absolute atomic E-state index is 0.0433. The first kappa shape index (κ1) is 23.3. The number of carboxylic acid groups (broad SMARTS) is 1. The molecule has 1 unspecified atom stereocenters. The van der Waals surface area contributed by atoms with E-state index in [4.69, 9.17) is 9.84 Å². The number of ether oxygens (including phenoxy) is 1. The molecule has 2 amide bonds. The number of nitrogens with one attached hydrogen (secondary N) is 2. The molecule has 3 N–H and O–H groups in total. The molecule has 7 nitrogen and oxygen atoms in total. The molecule has 32 heavy (non-hydrogen) atoms. The number of carbonyl (C=O) groups is 3. The number of amides is 2. The highest BCUT2D eigenvalue weighted by molar-refractivity contribution is 5.85. The number of carbonyl (C=O) groups excluding carboxylic acids is 2. The topological polar surface area (TPSA) is 105 Å². The van der Waals surface area contributed by atoms with Crippen molar-refractivity contribution in [3.63, 3.8) is 0 Å². The van der Waals surface area contributed by atoms with E-state index in [9.17, 15) is 14.4 Å². The van der Waals surface area contributed by atoms with E-state index in [2.05, 4.69) is 22.8 Å². The van der Waals surface area contributed by atoms with Gasteiger partial charge in [0.05, 0.1) is 5.92 Å². The van der Waals surface area contributed by atoms with Crippen molar-refractivity contribution >= 4 is 18.0 Å². The summed E-state index contributed by atoms with van der Waals surface area (Å²) < 4.78 is 5.51. The maximum atomic E-state index is 12.5. The summed E-state index contributed by atoms with van der Waals surface area (Å²) in [6.45, 7) is 5.65. The van der Waals surface area contributed by atoms with E-state index in [1.807, 2.05) is 50.2 Å². The Morgan fingerprint density at radius 2 is 1.56 bits per heavy atom. The lowest BCUT2D eigenvalue weighted by atomic mass is 9.94. The van der Waals surface area contributed by atoms with Crippen LogP contribution in [0.2, 0.25) is 0 Å². The summed E-state index contributed by atoms with van der Waals surface area (Å²) >= 11 is 0. The number of alkyl carbamates (subject to hydrolysis) is 1. The van der Waals surface area contributed by atoms with Crippen LogP contribution in [0.5, 0.6) is 0 Å². The van der Waals surface area contributed by atoms with Crippen molar-refractivity contribution in [2.24, 2.45) is 11.8 Å². The summed E-state index contributed by atoms with van der Waals surface area (Å²) in [5.74, 6) is -2.17. The number of benzene rings is 2. The fraction of sp³-hybridized carbons (Fsp3) is 0.400. The van der Waals surface area contributed by atoms with Crippen LogP contribution >= 0.6 is 0 Å². The van der Waals surface area contributed by atoms with Gasteiger partial charge in [-0.2, -0.15) is 0 Å². The monoisotopic (exact) mass is 438 g/mol. The van der Waals surface area contributed by atoms with Crippen molar-refractivity contribution in [3.05, 3.63) is 59.7 Å². The minimum atomic E-state index is -1.08. The molecule has 0 radical (unpaired) electrons. The summed E-state index contributed by atoms with van der Waals surface area (Å²) in [5, 5.41) is 14.4. The van der Waals surface area contributed by atoms with E-state index in [0.29, 0.717) is 0 Å². The van der Waals surface area contributed by atoms with Crippen LogP contribution in [0.4, 0.5) is 4.79 Å². The van der Waals surface area contributed by atoms with Gasteiger partial charge in [0.15, 0.2) is 0 Å². The Kier molecular flexibility index (Phi) is 7.51. The van der Waals surface area contributed by atoms with Crippen LogP contribution in [0.1, 0.15) is 44.2 Å². The van der Waals surface area contributed by atoms with Gasteiger partial charge in [0.2, 0.25) is 5.91 Å². The molecule has 0 saturated heterocycles. The van der Waals surface area contributed by atoms with Gasteiger partial charge in [0.25, 0.3) is 0 Å². The third kappa shape index (κ3) is 5.10. The van der Waals surface area contributed by atoms with E-state index in [1.165, 1.54) is 0 Å². The van der Waals surface area contributed by atoms with Crippen molar-refractivity contribution in [3.8, 4) is 11.1 Å². The molecular formula is C25H30N2O5. The Morgan fingerprint density at radius 3 is 2.06 bits per heavy atom. The Morgan fingerprint density at radius 1 is 1.00 bits per heavy atom. The van der Waals surface area contributed by atoms with Gasteiger partial charge >= 0.3 is 12.1 Å². The molecule has 3 rings (SSSR count). The molecule has 1 aliphatic rings. The summed E-state index contributed by atoms with van der Waals surface area (Å²) in [6, 6.07) is 15.2. The van der Waals surface area contributed by atoms with Crippen LogP contribution in [-0.4, -0.2) is 42.3 Å². The number of carboxylic acids is 1. The molecule has 0 fully saturated rings. The van der Waals surface area contributed by atoms with E-state index >= 15 is 0 Å². The Balaban J connectivity index is 1.59. The molecule has 0 bridgehead atoms. The van der Waals surface area contributed by atoms with Crippen LogP contribution in [0.25, 0.3) is 11.1 Å². The first-order chi connectivity index (χ1) is 15.3. The van der Waals surface area contributed by atoms with Gasteiger partial charge in [0, 0.05) is 12.5 Å². The standard InChI is InChI=1S/C25H30N2O5/c1-4-22(24(29)30)27-23(28)20(15(2)3)13-26-25(31)32-14-21-18-11-7-5-9-16(18)17-10-6-8-12-19(17)21/h5-12,15,20-22H,4,13-14H2,1-3H3,(H,26,31)(H,27,28)(H,29,30)/t20?,22-/m0/s1. The molecule has 0 aromatic heterocycles. The number of hydrogen-bond donors (Lipinski definition) is 3. The van der Waals surface area contributed by atoms with Gasteiger partial charge in [0.1, 0.15) is 12.6 Å². The molecule has 0 spiro atoms. The van der Waals surface area contributed by atoms with Gasteiger partial charge in [-0.25, -0.2) is 9.59 Å². The van der Waals surface area contributed by atoms with Crippen molar-refractivity contribution < 1.29 is 24.2 Å². The lowest BCUT2D eigenvalue weighted by molar-refractivity contribution is -0.142. The fourth-order valence-electron chi connectivity index (χ4n) is 4.09. The molecular weight excluding hydrogens is 408 g/mol. The maximum absolute atomic E-state index is 12.5. The lowest BCUT2D eigenvalue weighted by Crippen LogP contribution is -2.47. The third-order valence-corrected chi connectivity index (χ3v) is 5.97. The molecule has 7 heteroatoms. The summed E-state index contributed by atoms with van der Waals surface area (Å²) in [4.78, 5) is 36.2. The molecule has 1 aliphatic carbocycles. The Bertz CT molecular complexity index is 942. The zero-order valence-electron chi connectivity index (χ0n) is 18.6. The smallest absolute Gasteiger partial charge is 0.407 e. The zero-order valence-corrected chi connectivity index (χ0v) is 18.6. The van der Waals surface area contributed by atoms with Crippen molar-refractivity contribution in [1.29, 1.82) is 0 Å². The highest BCUT2D eigenvalue weighted by Crippen LogP contribution is 2.44. The van der Waals surface area contributed by atoms with E-state index in [0.717, 1.165) is 22.3 Å². The molecule has 2 atom stereocenters. The predicted octanol–water partition coefficient (Wildman–Crippen LogP) is 3.78. The average Bonchev–Trinajstić information content (AvgIpc) is 3.09. The van der Waals surface area contributed by atoms with Crippen molar-refractivity contribution in [2.75, 3.05) is 13.2 Å². The van der Waals surface area contributed by atoms with E-state index in [1.54, 1.807) is 6.92 Å². The number of aliphatic carboxylic acids is 1. The zero-order chi connectivity index (χ0) is 23.3. The van der Waals surface area contributed by atoms with Crippen molar-refractivity contribution in [1.82, 2.24) is 10.6 Å². The molecule has 0 aliphatic heterocycles. The van der Waals surface area contributed by atoms with Crippen LogP contribution in [0.3, 0.4) is 0 Å². The number of rotatable bonds is 9. The normalized spacial score (nSPS) is 14.2. The highest BCUT2D eigenvalue weighted by atomic mass is 16.5.